The maximum atomic E-state index is 5.74. The highest BCUT2D eigenvalue weighted by atomic mass is 16.5. The van der Waals surface area contributed by atoms with E-state index in [2.05, 4.69) is 25.7 Å². The molecule has 0 saturated carbocycles. The van der Waals surface area contributed by atoms with Gasteiger partial charge < -0.3 is 9.64 Å². The van der Waals surface area contributed by atoms with Crippen LogP contribution in [0.15, 0.2) is 0 Å². The molecule has 2 nitrogen and oxygen atoms in total. The third kappa shape index (κ3) is 16.3. The molecule has 0 saturated heterocycles. The molecule has 0 aromatic rings. The van der Waals surface area contributed by atoms with E-state index in [-0.39, 0.29) is 0 Å². The van der Waals surface area contributed by atoms with Crippen molar-refractivity contribution in [2.24, 2.45) is 0 Å². The maximum absolute atomic E-state index is 5.74. The van der Waals surface area contributed by atoms with E-state index in [0.717, 1.165) is 13.2 Å². The van der Waals surface area contributed by atoms with E-state index in [1.165, 1.54) is 96.7 Å². The highest BCUT2D eigenvalue weighted by Gasteiger charge is 1.98. The second-order valence-electron chi connectivity index (χ2n) is 6.53. The highest BCUT2D eigenvalue weighted by molar-refractivity contribution is 4.52. The summed E-state index contributed by atoms with van der Waals surface area (Å²) < 4.78 is 5.74. The van der Waals surface area contributed by atoms with Crippen LogP contribution < -0.4 is 0 Å². The van der Waals surface area contributed by atoms with Gasteiger partial charge in [0, 0.05) is 13.2 Å². The molecule has 0 aliphatic carbocycles. The Morgan fingerprint density at radius 2 is 1.00 bits per heavy atom. The minimum Gasteiger partial charge on any atom is -0.381 e. The van der Waals surface area contributed by atoms with Gasteiger partial charge in [-0.3, -0.25) is 0 Å². The highest BCUT2D eigenvalue weighted by Crippen LogP contribution is 2.10. The van der Waals surface area contributed by atoms with Crippen molar-refractivity contribution in [2.75, 3.05) is 32.8 Å². The van der Waals surface area contributed by atoms with Gasteiger partial charge in [-0.25, -0.2) is 0 Å². The van der Waals surface area contributed by atoms with Gasteiger partial charge in [-0.2, -0.15) is 0 Å². The molecular formula is C20H43NO. The van der Waals surface area contributed by atoms with E-state index in [1.807, 2.05) is 0 Å². The molecule has 0 aliphatic heterocycles. The summed E-state index contributed by atoms with van der Waals surface area (Å²) in [5.74, 6) is 0. The first-order valence-corrected chi connectivity index (χ1v) is 10.1. The zero-order valence-electron chi connectivity index (χ0n) is 15.9. The largest absolute Gasteiger partial charge is 0.381 e. The number of ether oxygens (including phenoxy) is 1. The summed E-state index contributed by atoms with van der Waals surface area (Å²) in [7, 11) is 0. The summed E-state index contributed by atoms with van der Waals surface area (Å²) in [5, 5.41) is 0. The molecular weight excluding hydrogens is 270 g/mol. The fourth-order valence-electron chi connectivity index (χ4n) is 2.87. The van der Waals surface area contributed by atoms with E-state index in [9.17, 15) is 0 Å². The Morgan fingerprint density at radius 3 is 1.50 bits per heavy atom. The Bertz CT molecular complexity index is 192. The van der Waals surface area contributed by atoms with Crippen LogP contribution in [0.2, 0.25) is 0 Å². The molecule has 0 heterocycles. The molecule has 0 radical (unpaired) electrons. The van der Waals surface area contributed by atoms with Crippen molar-refractivity contribution >= 4 is 0 Å². The van der Waals surface area contributed by atoms with Crippen LogP contribution >= 0.6 is 0 Å². The Hall–Kier alpha value is -0.0800. The van der Waals surface area contributed by atoms with Crippen LogP contribution in [-0.2, 0) is 4.74 Å². The summed E-state index contributed by atoms with van der Waals surface area (Å²) >= 11 is 0. The van der Waals surface area contributed by atoms with Gasteiger partial charge in [0.1, 0.15) is 0 Å². The van der Waals surface area contributed by atoms with E-state index in [0.29, 0.717) is 0 Å². The molecule has 0 aromatic heterocycles. The lowest BCUT2D eigenvalue weighted by atomic mass is 10.1. The third-order valence-electron chi connectivity index (χ3n) is 4.55. The molecule has 0 fully saturated rings. The van der Waals surface area contributed by atoms with Gasteiger partial charge in [0.2, 0.25) is 0 Å². The lowest BCUT2D eigenvalue weighted by Gasteiger charge is -2.17. The molecule has 0 spiro atoms. The van der Waals surface area contributed by atoms with Gasteiger partial charge in [0.25, 0.3) is 0 Å². The molecule has 0 aromatic carbocycles. The lowest BCUT2D eigenvalue weighted by Crippen LogP contribution is -2.24. The minimum atomic E-state index is 0.957. The van der Waals surface area contributed by atoms with Gasteiger partial charge in [0.05, 0.1) is 0 Å². The average molecular weight is 314 g/mol. The summed E-state index contributed by atoms with van der Waals surface area (Å²) in [6.07, 6.45) is 16.5. The fourth-order valence-corrected chi connectivity index (χ4v) is 2.87. The number of hydrogen-bond donors (Lipinski definition) is 0. The summed E-state index contributed by atoms with van der Waals surface area (Å²) in [4.78, 5) is 2.49. The van der Waals surface area contributed by atoms with Crippen molar-refractivity contribution in [1.29, 1.82) is 0 Å². The Labute approximate surface area is 141 Å². The number of nitrogens with zero attached hydrogens (tertiary/aromatic N) is 1. The van der Waals surface area contributed by atoms with E-state index < -0.39 is 0 Å². The lowest BCUT2D eigenvalue weighted by molar-refractivity contribution is 0.123. The fraction of sp³-hybridized carbons (Fsp3) is 1.00. The van der Waals surface area contributed by atoms with Crippen molar-refractivity contribution < 1.29 is 4.74 Å². The van der Waals surface area contributed by atoms with Crippen molar-refractivity contribution in [3.63, 3.8) is 0 Å². The smallest absolute Gasteiger partial charge is 0.0466 e. The van der Waals surface area contributed by atoms with E-state index in [1.54, 1.807) is 0 Å². The molecule has 0 aliphatic rings. The van der Waals surface area contributed by atoms with E-state index >= 15 is 0 Å². The monoisotopic (exact) mass is 313 g/mol. The van der Waals surface area contributed by atoms with Crippen molar-refractivity contribution in [1.82, 2.24) is 4.90 Å². The maximum Gasteiger partial charge on any atom is 0.0466 e. The molecule has 2 heteroatoms. The molecule has 0 unspecified atom stereocenters. The van der Waals surface area contributed by atoms with Crippen LogP contribution in [0.3, 0.4) is 0 Å². The quantitative estimate of drug-likeness (QED) is 0.286. The molecule has 0 N–H and O–H groups in total. The first kappa shape index (κ1) is 21.9. The Morgan fingerprint density at radius 1 is 0.545 bits per heavy atom. The number of unbranched alkanes of at least 4 members (excludes halogenated alkanes) is 10. The second kappa shape index (κ2) is 19.0. The summed E-state index contributed by atoms with van der Waals surface area (Å²) in [6.45, 7) is 12.3. The topological polar surface area (TPSA) is 12.5 Å². The van der Waals surface area contributed by atoms with Gasteiger partial charge in [0.15, 0.2) is 0 Å². The van der Waals surface area contributed by atoms with Crippen LogP contribution in [0.25, 0.3) is 0 Å². The first-order valence-electron chi connectivity index (χ1n) is 10.1. The zero-order valence-corrected chi connectivity index (χ0v) is 15.9. The summed E-state index contributed by atoms with van der Waals surface area (Å²) in [6, 6.07) is 0. The molecule has 0 amide bonds. The van der Waals surface area contributed by atoms with Gasteiger partial charge in [-0.15, -0.1) is 0 Å². The minimum absolute atomic E-state index is 0.957. The van der Waals surface area contributed by atoms with Crippen molar-refractivity contribution in [3.8, 4) is 0 Å². The molecule has 0 bridgehead atoms. The van der Waals surface area contributed by atoms with Gasteiger partial charge in [-0.05, 0) is 38.9 Å². The summed E-state index contributed by atoms with van der Waals surface area (Å²) in [5.41, 5.74) is 0. The normalized spacial score (nSPS) is 11.5. The predicted molar refractivity (Wildman–Crippen MR) is 99.7 cm³/mol. The average Bonchev–Trinajstić information content (AvgIpc) is 2.55. The SMILES string of the molecule is CCCCCCCCCCCCOCCCCN(CC)CC. The predicted octanol–water partition coefficient (Wildman–Crippen LogP) is 6.05. The van der Waals surface area contributed by atoms with Crippen molar-refractivity contribution in [3.05, 3.63) is 0 Å². The van der Waals surface area contributed by atoms with Gasteiger partial charge in [-0.1, -0.05) is 78.6 Å². The molecule has 134 valence electrons. The van der Waals surface area contributed by atoms with Crippen LogP contribution in [0.5, 0.6) is 0 Å². The zero-order chi connectivity index (χ0) is 16.3. The number of rotatable bonds is 18. The van der Waals surface area contributed by atoms with Crippen LogP contribution in [0.4, 0.5) is 0 Å². The second-order valence-corrected chi connectivity index (χ2v) is 6.53. The van der Waals surface area contributed by atoms with Crippen LogP contribution in [0, 0.1) is 0 Å². The van der Waals surface area contributed by atoms with Crippen molar-refractivity contribution in [2.45, 2.75) is 97.8 Å². The third-order valence-corrected chi connectivity index (χ3v) is 4.55. The number of hydrogen-bond acceptors (Lipinski definition) is 2. The Balaban J connectivity index is 3.02. The van der Waals surface area contributed by atoms with Crippen LogP contribution in [0.1, 0.15) is 97.8 Å². The molecule has 22 heavy (non-hydrogen) atoms. The Kier molecular flexibility index (Phi) is 18.9. The standard InChI is InChI=1S/C20H43NO/c1-4-7-8-9-10-11-12-13-14-16-19-22-20-17-15-18-21(5-2)6-3/h4-20H2,1-3H3. The molecule has 0 rings (SSSR count). The van der Waals surface area contributed by atoms with Gasteiger partial charge >= 0.3 is 0 Å². The van der Waals surface area contributed by atoms with E-state index in [4.69, 9.17) is 4.74 Å². The van der Waals surface area contributed by atoms with Crippen LogP contribution in [-0.4, -0.2) is 37.7 Å². The molecule has 0 atom stereocenters. The first-order chi connectivity index (χ1) is 10.8.